The maximum absolute atomic E-state index is 5.65. The topological polar surface area (TPSA) is 51.9 Å². The van der Waals surface area contributed by atoms with Gasteiger partial charge in [-0.3, -0.25) is 0 Å². The molecule has 148 valence electrons. The van der Waals surface area contributed by atoms with Gasteiger partial charge in [0.2, 0.25) is 0 Å². The highest BCUT2D eigenvalue weighted by Gasteiger charge is 2.33. The van der Waals surface area contributed by atoms with Crippen LogP contribution in [0.1, 0.15) is 37.9 Å². The minimum absolute atomic E-state index is 0.387. The molecule has 2 aliphatic heterocycles. The molecule has 6 heteroatoms. The maximum atomic E-state index is 5.65. The van der Waals surface area contributed by atoms with Gasteiger partial charge < -0.3 is 19.0 Å². The number of fused-ring (bicyclic) bond motifs is 1. The van der Waals surface area contributed by atoms with Crippen molar-refractivity contribution in [1.29, 1.82) is 0 Å². The van der Waals surface area contributed by atoms with Crippen molar-refractivity contribution in [2.45, 2.75) is 39.7 Å². The van der Waals surface area contributed by atoms with Gasteiger partial charge in [0.1, 0.15) is 12.4 Å². The molecule has 2 aliphatic rings. The normalized spacial score (nSPS) is 20.8. The van der Waals surface area contributed by atoms with Crippen molar-refractivity contribution in [3.63, 3.8) is 0 Å². The van der Waals surface area contributed by atoms with Gasteiger partial charge in [-0.25, -0.2) is 4.98 Å². The Bertz CT molecular complexity index is 913. The summed E-state index contributed by atoms with van der Waals surface area (Å²) in [6, 6.07) is 6.64. The number of methoxy groups -OCH3 is 1. The number of ether oxygens (including phenoxy) is 1. The third kappa shape index (κ3) is 3.51. The summed E-state index contributed by atoms with van der Waals surface area (Å²) in [6.45, 7) is 8.19. The Morgan fingerprint density at radius 3 is 2.89 bits per heavy atom. The van der Waals surface area contributed by atoms with E-state index < -0.39 is 0 Å². The summed E-state index contributed by atoms with van der Waals surface area (Å²) in [6.07, 6.45) is 8.16. The fraction of sp³-hybridized carbons (Fsp3) is 0.455. The highest BCUT2D eigenvalue weighted by atomic mass is 16.6. The third-order valence-corrected chi connectivity index (χ3v) is 5.51. The summed E-state index contributed by atoms with van der Waals surface area (Å²) < 4.78 is 7.64. The van der Waals surface area contributed by atoms with Gasteiger partial charge in [-0.15, -0.1) is 0 Å². The van der Waals surface area contributed by atoms with E-state index in [2.05, 4.69) is 53.2 Å². The Kier molecular flexibility index (Phi) is 5.11. The number of rotatable bonds is 4. The Morgan fingerprint density at radius 2 is 2.18 bits per heavy atom. The summed E-state index contributed by atoms with van der Waals surface area (Å²) in [5.74, 6) is 2.34. The van der Waals surface area contributed by atoms with E-state index in [9.17, 15) is 0 Å². The Labute approximate surface area is 166 Å². The van der Waals surface area contributed by atoms with Crippen LogP contribution in [0.25, 0.3) is 11.8 Å². The van der Waals surface area contributed by atoms with Crippen molar-refractivity contribution in [3.8, 4) is 11.4 Å². The smallest absolute Gasteiger partial charge is 0.171 e. The molecule has 0 amide bonds. The monoisotopic (exact) mass is 380 g/mol. The first-order chi connectivity index (χ1) is 13.6. The summed E-state index contributed by atoms with van der Waals surface area (Å²) in [5, 5.41) is 4.40. The van der Waals surface area contributed by atoms with Gasteiger partial charge in [0.05, 0.1) is 30.9 Å². The van der Waals surface area contributed by atoms with Crippen LogP contribution in [0.2, 0.25) is 0 Å². The second kappa shape index (κ2) is 7.70. The Balaban J connectivity index is 1.66. The molecule has 3 heterocycles. The van der Waals surface area contributed by atoms with Crippen molar-refractivity contribution < 1.29 is 9.57 Å². The van der Waals surface area contributed by atoms with E-state index in [1.807, 2.05) is 24.0 Å². The molecule has 1 aromatic heterocycles. The van der Waals surface area contributed by atoms with Gasteiger partial charge in [0.25, 0.3) is 0 Å². The average molecular weight is 380 g/mol. The number of nitrogens with zero attached hydrogens (tertiary/aromatic N) is 4. The first-order valence-corrected chi connectivity index (χ1v) is 9.93. The van der Waals surface area contributed by atoms with Crippen LogP contribution in [0, 0.1) is 12.8 Å². The molecule has 0 saturated carbocycles. The number of hydrogen-bond acceptors (Lipinski definition) is 5. The minimum atomic E-state index is 0.387. The summed E-state index contributed by atoms with van der Waals surface area (Å²) in [4.78, 5) is 12.3. The van der Waals surface area contributed by atoms with Crippen molar-refractivity contribution in [3.05, 3.63) is 47.6 Å². The molecule has 0 radical (unpaired) electrons. The molecule has 1 saturated heterocycles. The van der Waals surface area contributed by atoms with Crippen molar-refractivity contribution in [1.82, 2.24) is 14.5 Å². The summed E-state index contributed by atoms with van der Waals surface area (Å²) >= 11 is 0. The van der Waals surface area contributed by atoms with Gasteiger partial charge in [-0.05, 0) is 55.0 Å². The lowest BCUT2D eigenvalue weighted by Crippen LogP contribution is -2.51. The van der Waals surface area contributed by atoms with Gasteiger partial charge >= 0.3 is 0 Å². The number of benzene rings is 1. The van der Waals surface area contributed by atoms with Gasteiger partial charge in [-0.1, -0.05) is 25.1 Å². The van der Waals surface area contributed by atoms with E-state index in [-0.39, 0.29) is 0 Å². The predicted octanol–water partition coefficient (Wildman–Crippen LogP) is 4.04. The number of imidazole rings is 1. The Morgan fingerprint density at radius 1 is 1.32 bits per heavy atom. The molecule has 1 atom stereocenters. The van der Waals surface area contributed by atoms with Crippen molar-refractivity contribution in [2.24, 2.45) is 11.1 Å². The maximum Gasteiger partial charge on any atom is 0.171 e. The molecule has 1 unspecified atom stereocenters. The second-order valence-electron chi connectivity index (χ2n) is 7.84. The van der Waals surface area contributed by atoms with Crippen LogP contribution in [-0.2, 0) is 4.84 Å². The van der Waals surface area contributed by atoms with Crippen molar-refractivity contribution >= 4 is 11.9 Å². The standard InChI is InChI=1S/C22H28N4O2/c1-15(2)20-13-28-24-22-18(6-5-9-26(20)22)10-17-7-8-19(21(11-17)27-4)25-12-16(3)23-14-25/h7-8,10-12,14-15,20H,5-6,9,13H2,1-4H3/b18-10+. The first-order valence-electron chi connectivity index (χ1n) is 9.93. The number of hydrogen-bond donors (Lipinski definition) is 0. The minimum Gasteiger partial charge on any atom is -0.495 e. The zero-order chi connectivity index (χ0) is 19.7. The fourth-order valence-electron chi connectivity index (χ4n) is 3.98. The lowest BCUT2D eigenvalue weighted by atomic mass is 9.95. The van der Waals surface area contributed by atoms with Crippen LogP contribution in [-0.4, -0.2) is 46.6 Å². The number of oxime groups is 1. The molecule has 0 bridgehead atoms. The molecular weight excluding hydrogens is 352 g/mol. The van der Waals surface area contributed by atoms with Crippen LogP contribution >= 0.6 is 0 Å². The SMILES string of the molecule is COc1cc(/C=C2\CCCN3C2=NOCC3C(C)C)ccc1-n1cnc(C)c1. The van der Waals surface area contributed by atoms with Gasteiger partial charge in [-0.2, -0.15) is 0 Å². The average Bonchev–Trinajstić information content (AvgIpc) is 3.13. The zero-order valence-electron chi connectivity index (χ0n) is 17.1. The first kappa shape index (κ1) is 18.6. The fourth-order valence-corrected chi connectivity index (χ4v) is 3.98. The largest absolute Gasteiger partial charge is 0.495 e. The second-order valence-corrected chi connectivity index (χ2v) is 7.84. The van der Waals surface area contributed by atoms with E-state index in [1.165, 1.54) is 5.57 Å². The van der Waals surface area contributed by atoms with Crippen LogP contribution in [0.4, 0.5) is 0 Å². The molecule has 4 rings (SSSR count). The van der Waals surface area contributed by atoms with Crippen molar-refractivity contribution in [2.75, 3.05) is 20.3 Å². The van der Waals surface area contributed by atoms with Crippen LogP contribution in [0.5, 0.6) is 5.75 Å². The number of amidine groups is 1. The molecule has 2 aromatic rings. The molecule has 1 fully saturated rings. The summed E-state index contributed by atoms with van der Waals surface area (Å²) in [7, 11) is 1.70. The molecular formula is C22H28N4O2. The number of aromatic nitrogens is 2. The molecule has 0 aliphatic carbocycles. The van der Waals surface area contributed by atoms with E-state index in [4.69, 9.17) is 9.57 Å². The summed E-state index contributed by atoms with van der Waals surface area (Å²) in [5.41, 5.74) is 4.29. The number of aryl methyl sites for hydroxylation is 1. The van der Waals surface area contributed by atoms with Crippen LogP contribution < -0.4 is 4.74 Å². The zero-order valence-corrected chi connectivity index (χ0v) is 17.1. The van der Waals surface area contributed by atoms with Crippen LogP contribution in [0.3, 0.4) is 0 Å². The van der Waals surface area contributed by atoms with Gasteiger partial charge in [0.15, 0.2) is 5.84 Å². The van der Waals surface area contributed by atoms with E-state index in [0.717, 1.165) is 47.9 Å². The quantitative estimate of drug-likeness (QED) is 0.803. The van der Waals surface area contributed by atoms with E-state index in [1.54, 1.807) is 7.11 Å². The lowest BCUT2D eigenvalue weighted by molar-refractivity contribution is 0.0396. The molecule has 0 N–H and O–H groups in total. The molecule has 0 spiro atoms. The Hall–Kier alpha value is -2.76. The van der Waals surface area contributed by atoms with E-state index in [0.29, 0.717) is 18.6 Å². The number of piperidine rings is 1. The van der Waals surface area contributed by atoms with E-state index >= 15 is 0 Å². The molecule has 6 nitrogen and oxygen atoms in total. The lowest BCUT2D eigenvalue weighted by Gasteiger charge is -2.41. The van der Waals surface area contributed by atoms with Gasteiger partial charge in [0, 0.05) is 12.7 Å². The highest BCUT2D eigenvalue weighted by Crippen LogP contribution is 2.30. The molecule has 1 aromatic carbocycles. The third-order valence-electron chi connectivity index (χ3n) is 5.51. The predicted molar refractivity (Wildman–Crippen MR) is 111 cm³/mol. The van der Waals surface area contributed by atoms with Crippen LogP contribution in [0.15, 0.2) is 41.5 Å². The highest BCUT2D eigenvalue weighted by molar-refractivity contribution is 6.02. The molecule has 28 heavy (non-hydrogen) atoms.